The lowest BCUT2D eigenvalue weighted by Gasteiger charge is -2.12. The largest absolute Gasteiger partial charge is 0.397 e. The molecule has 1 unspecified atom stereocenters. The van der Waals surface area contributed by atoms with Crippen LogP contribution in [0.3, 0.4) is 0 Å². The second-order valence-corrected chi connectivity index (χ2v) is 3.14. The molecule has 84 valence electrons. The van der Waals surface area contributed by atoms with Crippen LogP contribution in [0.25, 0.3) is 0 Å². The van der Waals surface area contributed by atoms with Gasteiger partial charge in [0.15, 0.2) is 0 Å². The van der Waals surface area contributed by atoms with Crippen LogP contribution in [0, 0.1) is 0 Å². The molecule has 0 heterocycles. The van der Waals surface area contributed by atoms with Crippen molar-refractivity contribution in [3.8, 4) is 0 Å². The van der Waals surface area contributed by atoms with Crippen LogP contribution in [0.15, 0.2) is 0 Å². The molecule has 0 fully saturated rings. The minimum absolute atomic E-state index is 0.1000. The molecule has 0 bridgehead atoms. The van der Waals surface area contributed by atoms with Gasteiger partial charge in [-0.05, 0) is 6.42 Å². The zero-order chi connectivity index (χ0) is 11.2. The molecule has 1 atom stereocenters. The number of hydrogen-bond donors (Lipinski definition) is 2. The number of alkyl halides is 3. The highest BCUT2D eigenvalue weighted by Crippen LogP contribution is 2.18. The van der Waals surface area contributed by atoms with Gasteiger partial charge < -0.3 is 11.1 Å². The fraction of sp³-hybridized carbons (Fsp3) is 0.875. The minimum Gasteiger partial charge on any atom is -0.354 e. The van der Waals surface area contributed by atoms with Crippen molar-refractivity contribution < 1.29 is 18.0 Å². The molecule has 0 spiro atoms. The van der Waals surface area contributed by atoms with E-state index in [1.165, 1.54) is 0 Å². The minimum atomic E-state index is -4.45. The molecule has 0 aliphatic carbocycles. The zero-order valence-corrected chi connectivity index (χ0v) is 8.03. The summed E-state index contributed by atoms with van der Waals surface area (Å²) in [6.07, 6.45) is -4.35. The number of hydrogen-bond acceptors (Lipinski definition) is 2. The Hall–Kier alpha value is -0.780. The topological polar surface area (TPSA) is 55.1 Å². The Morgan fingerprint density at radius 1 is 1.50 bits per heavy atom. The van der Waals surface area contributed by atoms with Gasteiger partial charge in [-0.15, -0.1) is 0 Å². The number of rotatable bonds is 5. The van der Waals surface area contributed by atoms with Crippen LogP contribution >= 0.6 is 0 Å². The first-order valence-corrected chi connectivity index (χ1v) is 4.44. The van der Waals surface area contributed by atoms with Gasteiger partial charge in [0.1, 0.15) is 6.42 Å². The van der Waals surface area contributed by atoms with Crippen LogP contribution in [0.5, 0.6) is 0 Å². The van der Waals surface area contributed by atoms with Crippen LogP contribution in [-0.4, -0.2) is 24.7 Å². The van der Waals surface area contributed by atoms with Gasteiger partial charge >= 0.3 is 6.18 Å². The summed E-state index contributed by atoms with van der Waals surface area (Å²) in [5.74, 6) is -1.02. The Kier molecular flexibility index (Phi) is 5.52. The van der Waals surface area contributed by atoms with Gasteiger partial charge in [-0.25, -0.2) is 0 Å². The van der Waals surface area contributed by atoms with E-state index in [0.29, 0.717) is 6.42 Å². The van der Waals surface area contributed by atoms with E-state index >= 15 is 0 Å². The molecule has 6 heteroatoms. The maximum Gasteiger partial charge on any atom is 0.397 e. The standard InChI is InChI=1S/C8H15F3N2O/c1-2-3-6(12)5-13-7(14)4-8(9,10)11/h6H,2-5,12H2,1H3,(H,13,14). The molecule has 3 nitrogen and oxygen atoms in total. The molecule has 0 rings (SSSR count). The average Bonchev–Trinajstić information content (AvgIpc) is 1.98. The summed E-state index contributed by atoms with van der Waals surface area (Å²) >= 11 is 0. The van der Waals surface area contributed by atoms with E-state index in [4.69, 9.17) is 5.73 Å². The highest BCUT2D eigenvalue weighted by Gasteiger charge is 2.30. The predicted octanol–water partition coefficient (Wildman–Crippen LogP) is 1.18. The first-order chi connectivity index (χ1) is 6.35. The van der Waals surface area contributed by atoms with Crippen molar-refractivity contribution >= 4 is 5.91 Å². The second-order valence-electron chi connectivity index (χ2n) is 3.14. The van der Waals surface area contributed by atoms with Crippen molar-refractivity contribution in [2.24, 2.45) is 5.73 Å². The number of halogens is 3. The van der Waals surface area contributed by atoms with E-state index < -0.39 is 18.5 Å². The molecule has 0 aromatic heterocycles. The van der Waals surface area contributed by atoms with E-state index in [0.717, 1.165) is 6.42 Å². The third-order valence-corrected chi connectivity index (χ3v) is 1.58. The van der Waals surface area contributed by atoms with Crippen LogP contribution in [0.2, 0.25) is 0 Å². The van der Waals surface area contributed by atoms with E-state index in [1.54, 1.807) is 0 Å². The van der Waals surface area contributed by atoms with Crippen molar-refractivity contribution in [1.82, 2.24) is 5.32 Å². The first-order valence-electron chi connectivity index (χ1n) is 4.44. The van der Waals surface area contributed by atoms with E-state index in [2.05, 4.69) is 5.32 Å². The molecule has 0 saturated carbocycles. The number of amides is 1. The third-order valence-electron chi connectivity index (χ3n) is 1.58. The lowest BCUT2D eigenvalue weighted by molar-refractivity contribution is -0.153. The van der Waals surface area contributed by atoms with Crippen molar-refractivity contribution in [2.75, 3.05) is 6.54 Å². The summed E-state index contributed by atoms with van der Waals surface area (Å²) in [5, 5.41) is 2.14. The molecule has 14 heavy (non-hydrogen) atoms. The van der Waals surface area contributed by atoms with Crippen molar-refractivity contribution in [1.29, 1.82) is 0 Å². The molecule has 0 saturated heterocycles. The number of carbonyl (C=O) groups excluding carboxylic acids is 1. The van der Waals surface area contributed by atoms with Crippen molar-refractivity contribution in [3.63, 3.8) is 0 Å². The summed E-state index contributed by atoms with van der Waals surface area (Å²) in [6, 6.07) is -0.266. The fourth-order valence-corrected chi connectivity index (χ4v) is 0.962. The smallest absolute Gasteiger partial charge is 0.354 e. The van der Waals surface area contributed by atoms with Gasteiger partial charge in [0.05, 0.1) is 0 Å². The molecule has 0 aliphatic heterocycles. The van der Waals surface area contributed by atoms with E-state index in [1.807, 2.05) is 6.92 Å². The van der Waals surface area contributed by atoms with Gasteiger partial charge in [0.2, 0.25) is 5.91 Å². The Morgan fingerprint density at radius 3 is 2.50 bits per heavy atom. The molecular weight excluding hydrogens is 197 g/mol. The predicted molar refractivity (Wildman–Crippen MR) is 46.6 cm³/mol. The molecular formula is C8H15F3N2O. The lowest BCUT2D eigenvalue weighted by atomic mass is 10.2. The lowest BCUT2D eigenvalue weighted by Crippen LogP contribution is -2.38. The maximum absolute atomic E-state index is 11.7. The van der Waals surface area contributed by atoms with Crippen LogP contribution in [-0.2, 0) is 4.79 Å². The SMILES string of the molecule is CCCC(N)CNC(=O)CC(F)(F)F. The molecule has 1 amide bonds. The fourth-order valence-electron chi connectivity index (χ4n) is 0.962. The summed E-state index contributed by atoms with van der Waals surface area (Å²) < 4.78 is 35.1. The van der Waals surface area contributed by atoms with Crippen LogP contribution in [0.1, 0.15) is 26.2 Å². The second kappa shape index (κ2) is 5.85. The Bertz CT molecular complexity index is 182. The highest BCUT2D eigenvalue weighted by atomic mass is 19.4. The maximum atomic E-state index is 11.7. The van der Waals surface area contributed by atoms with Crippen molar-refractivity contribution in [3.05, 3.63) is 0 Å². The monoisotopic (exact) mass is 212 g/mol. The van der Waals surface area contributed by atoms with Crippen LogP contribution < -0.4 is 11.1 Å². The van der Waals surface area contributed by atoms with Gasteiger partial charge in [-0.1, -0.05) is 13.3 Å². The summed E-state index contributed by atoms with van der Waals surface area (Å²) in [7, 11) is 0. The Labute approximate surface area is 80.8 Å². The molecule has 0 aromatic carbocycles. The highest BCUT2D eigenvalue weighted by molar-refractivity contribution is 5.76. The van der Waals surface area contributed by atoms with Gasteiger partial charge in [0, 0.05) is 12.6 Å². The normalized spacial score (nSPS) is 13.8. The van der Waals surface area contributed by atoms with E-state index in [-0.39, 0.29) is 12.6 Å². The van der Waals surface area contributed by atoms with Gasteiger partial charge in [0.25, 0.3) is 0 Å². The first kappa shape index (κ1) is 13.2. The summed E-state index contributed by atoms with van der Waals surface area (Å²) in [6.45, 7) is 2.01. The average molecular weight is 212 g/mol. The summed E-state index contributed by atoms with van der Waals surface area (Å²) in [4.78, 5) is 10.7. The summed E-state index contributed by atoms with van der Waals surface area (Å²) in [5.41, 5.74) is 5.50. The zero-order valence-electron chi connectivity index (χ0n) is 8.03. The van der Waals surface area contributed by atoms with E-state index in [9.17, 15) is 18.0 Å². The van der Waals surface area contributed by atoms with Gasteiger partial charge in [-0.2, -0.15) is 13.2 Å². The molecule has 0 radical (unpaired) electrons. The molecule has 0 aromatic rings. The quantitative estimate of drug-likeness (QED) is 0.719. The third kappa shape index (κ3) is 7.85. The molecule has 3 N–H and O–H groups in total. The Morgan fingerprint density at radius 2 is 2.07 bits per heavy atom. The van der Waals surface area contributed by atoms with Gasteiger partial charge in [-0.3, -0.25) is 4.79 Å². The number of nitrogens with one attached hydrogen (secondary N) is 1. The van der Waals surface area contributed by atoms with Crippen LogP contribution in [0.4, 0.5) is 13.2 Å². The Balaban J connectivity index is 3.64. The van der Waals surface area contributed by atoms with Crippen molar-refractivity contribution in [2.45, 2.75) is 38.4 Å². The number of carbonyl (C=O) groups is 1. The number of nitrogens with two attached hydrogens (primary N) is 1. The molecule has 0 aliphatic rings.